The minimum Gasteiger partial charge on any atom is -0.493 e. The fraction of sp³-hybridized carbons (Fsp3) is 0.364. The number of alkyl halides is 2. The van der Waals surface area contributed by atoms with Crippen LogP contribution in [-0.4, -0.2) is 48.2 Å². The molecule has 1 aromatic heterocycles. The van der Waals surface area contributed by atoms with Gasteiger partial charge in [0.1, 0.15) is 0 Å². The Morgan fingerprint density at radius 3 is 2.72 bits per heavy atom. The third-order valence-electron chi connectivity index (χ3n) is 5.25. The van der Waals surface area contributed by atoms with Gasteiger partial charge in [-0.25, -0.2) is 0 Å². The Hall–Kier alpha value is -3.40. The van der Waals surface area contributed by atoms with Crippen LogP contribution in [0.15, 0.2) is 47.0 Å². The van der Waals surface area contributed by atoms with Crippen LogP contribution in [0.4, 0.5) is 20.2 Å². The van der Waals surface area contributed by atoms with Gasteiger partial charge in [-0.1, -0.05) is 17.3 Å². The Labute approximate surface area is 183 Å². The molecule has 0 amide bonds. The molecule has 32 heavy (non-hydrogen) atoms. The molecule has 1 aliphatic heterocycles. The predicted octanol–water partition coefficient (Wildman–Crippen LogP) is 3.92. The largest absolute Gasteiger partial charge is 0.493 e. The topological polar surface area (TPSA) is 92.9 Å². The highest BCUT2D eigenvalue weighted by Crippen LogP contribution is 2.33. The van der Waals surface area contributed by atoms with E-state index in [1.165, 1.54) is 19.2 Å². The molecule has 3 aromatic rings. The minimum atomic E-state index is -2.95. The van der Waals surface area contributed by atoms with E-state index in [0.29, 0.717) is 23.8 Å². The van der Waals surface area contributed by atoms with Gasteiger partial charge in [-0.3, -0.25) is 0 Å². The van der Waals surface area contributed by atoms with Gasteiger partial charge >= 0.3 is 6.61 Å². The first-order chi connectivity index (χ1) is 15.5. The summed E-state index contributed by atoms with van der Waals surface area (Å²) in [6, 6.07) is 12.4. The fourth-order valence-electron chi connectivity index (χ4n) is 3.62. The van der Waals surface area contributed by atoms with Gasteiger partial charge in [-0.05, 0) is 43.2 Å². The Morgan fingerprint density at radius 1 is 1.19 bits per heavy atom. The standard InChI is InChI=1S/C22H24F2N4O4/c1-30-19-12-14(6-7-18(19)31-22(23)24)21-26-20(32-27-21)13-25-16-4-2-3-5-17(16)28-10-8-15(29)9-11-28/h2-7,12,15,22,25,29H,8-11,13H2,1H3. The summed E-state index contributed by atoms with van der Waals surface area (Å²) in [5, 5.41) is 17.1. The maximum absolute atomic E-state index is 12.5. The van der Waals surface area contributed by atoms with E-state index < -0.39 is 6.61 Å². The van der Waals surface area contributed by atoms with Gasteiger partial charge in [0.25, 0.3) is 0 Å². The number of methoxy groups -OCH3 is 1. The molecule has 170 valence electrons. The molecular formula is C22H24F2N4O4. The number of anilines is 2. The van der Waals surface area contributed by atoms with Crippen molar-refractivity contribution < 1.29 is 27.9 Å². The summed E-state index contributed by atoms with van der Waals surface area (Å²) in [5.74, 6) is 0.754. The van der Waals surface area contributed by atoms with Crippen molar-refractivity contribution in [1.29, 1.82) is 0 Å². The van der Waals surface area contributed by atoms with E-state index in [2.05, 4.69) is 25.1 Å². The number of aliphatic hydroxyl groups is 1. The first-order valence-corrected chi connectivity index (χ1v) is 10.2. The Bertz CT molecular complexity index is 1040. The number of aliphatic hydroxyl groups excluding tert-OH is 1. The van der Waals surface area contributed by atoms with Crippen LogP contribution in [0, 0.1) is 0 Å². The lowest BCUT2D eigenvalue weighted by molar-refractivity contribution is -0.0512. The average molecular weight is 446 g/mol. The summed E-state index contributed by atoms with van der Waals surface area (Å²) in [6.07, 6.45) is 1.25. The number of halogens is 2. The second kappa shape index (κ2) is 9.82. The van der Waals surface area contributed by atoms with Gasteiger partial charge in [0, 0.05) is 18.7 Å². The van der Waals surface area contributed by atoms with Crippen LogP contribution < -0.4 is 19.7 Å². The van der Waals surface area contributed by atoms with Crippen molar-refractivity contribution in [2.24, 2.45) is 0 Å². The summed E-state index contributed by atoms with van der Waals surface area (Å²) in [5.41, 5.74) is 2.53. The minimum absolute atomic E-state index is 0.0709. The molecule has 0 bridgehead atoms. The first kappa shape index (κ1) is 21.8. The van der Waals surface area contributed by atoms with Gasteiger partial charge in [-0.15, -0.1) is 0 Å². The average Bonchev–Trinajstić information content (AvgIpc) is 3.27. The van der Waals surface area contributed by atoms with Crippen LogP contribution in [0.5, 0.6) is 11.5 Å². The number of benzene rings is 2. The van der Waals surface area contributed by atoms with Crippen molar-refractivity contribution in [1.82, 2.24) is 10.1 Å². The number of nitrogens with zero attached hydrogens (tertiary/aromatic N) is 3. The van der Waals surface area contributed by atoms with Crippen molar-refractivity contribution in [3.8, 4) is 22.9 Å². The zero-order valence-corrected chi connectivity index (χ0v) is 17.5. The van der Waals surface area contributed by atoms with Gasteiger partial charge in [0.15, 0.2) is 11.5 Å². The molecule has 0 spiro atoms. The molecule has 0 radical (unpaired) electrons. The van der Waals surface area contributed by atoms with E-state index in [9.17, 15) is 13.9 Å². The molecule has 0 aliphatic carbocycles. The lowest BCUT2D eigenvalue weighted by Crippen LogP contribution is -2.36. The first-order valence-electron chi connectivity index (χ1n) is 10.2. The summed E-state index contributed by atoms with van der Waals surface area (Å²) >= 11 is 0. The zero-order chi connectivity index (χ0) is 22.5. The third-order valence-corrected chi connectivity index (χ3v) is 5.25. The fourth-order valence-corrected chi connectivity index (χ4v) is 3.62. The molecule has 8 nitrogen and oxygen atoms in total. The van der Waals surface area contributed by atoms with Gasteiger partial charge in [0.05, 0.1) is 31.1 Å². The monoisotopic (exact) mass is 446 g/mol. The number of piperidine rings is 1. The second-order valence-electron chi connectivity index (χ2n) is 7.34. The van der Waals surface area contributed by atoms with E-state index >= 15 is 0 Å². The van der Waals surface area contributed by atoms with Crippen molar-refractivity contribution in [2.75, 3.05) is 30.4 Å². The van der Waals surface area contributed by atoms with Gasteiger partial charge in [-0.2, -0.15) is 13.8 Å². The number of rotatable bonds is 8. The number of nitrogens with one attached hydrogen (secondary N) is 1. The van der Waals surface area contributed by atoms with Crippen molar-refractivity contribution in [2.45, 2.75) is 32.1 Å². The number of hydrogen-bond acceptors (Lipinski definition) is 8. The summed E-state index contributed by atoms with van der Waals surface area (Å²) in [4.78, 5) is 6.62. The molecular weight excluding hydrogens is 422 g/mol. The second-order valence-corrected chi connectivity index (χ2v) is 7.34. The van der Waals surface area contributed by atoms with Crippen LogP contribution in [0.3, 0.4) is 0 Å². The predicted molar refractivity (Wildman–Crippen MR) is 114 cm³/mol. The highest BCUT2D eigenvalue weighted by Gasteiger charge is 2.20. The molecule has 1 saturated heterocycles. The number of hydrogen-bond donors (Lipinski definition) is 2. The summed E-state index contributed by atoms with van der Waals surface area (Å²) in [7, 11) is 1.36. The van der Waals surface area contributed by atoms with Crippen molar-refractivity contribution >= 4 is 11.4 Å². The van der Waals surface area contributed by atoms with E-state index in [-0.39, 0.29) is 17.6 Å². The molecule has 2 heterocycles. The van der Waals surface area contributed by atoms with E-state index in [1.807, 2.05) is 24.3 Å². The molecule has 2 aromatic carbocycles. The summed E-state index contributed by atoms with van der Waals surface area (Å²) in [6.45, 7) is -1.06. The van der Waals surface area contributed by atoms with Crippen LogP contribution in [0.25, 0.3) is 11.4 Å². The van der Waals surface area contributed by atoms with E-state index in [0.717, 1.165) is 37.3 Å². The van der Waals surface area contributed by atoms with Crippen LogP contribution in [0.2, 0.25) is 0 Å². The van der Waals surface area contributed by atoms with Gasteiger partial charge in [0.2, 0.25) is 11.7 Å². The number of aromatic nitrogens is 2. The molecule has 0 atom stereocenters. The van der Waals surface area contributed by atoms with Crippen LogP contribution in [0.1, 0.15) is 18.7 Å². The van der Waals surface area contributed by atoms with Crippen molar-refractivity contribution in [3.63, 3.8) is 0 Å². The molecule has 0 unspecified atom stereocenters. The lowest BCUT2D eigenvalue weighted by Gasteiger charge is -2.32. The molecule has 1 fully saturated rings. The SMILES string of the molecule is COc1cc(-c2noc(CNc3ccccc3N3CCC(O)CC3)n2)ccc1OC(F)F. The van der Waals surface area contributed by atoms with E-state index in [1.54, 1.807) is 6.07 Å². The van der Waals surface area contributed by atoms with Gasteiger partial charge < -0.3 is 29.3 Å². The highest BCUT2D eigenvalue weighted by atomic mass is 19.3. The number of para-hydroxylation sites is 2. The quantitative estimate of drug-likeness (QED) is 0.538. The molecule has 4 rings (SSSR count). The highest BCUT2D eigenvalue weighted by molar-refractivity contribution is 5.70. The zero-order valence-electron chi connectivity index (χ0n) is 17.5. The lowest BCUT2D eigenvalue weighted by atomic mass is 10.1. The smallest absolute Gasteiger partial charge is 0.387 e. The Kier molecular flexibility index (Phi) is 6.69. The van der Waals surface area contributed by atoms with Crippen LogP contribution >= 0.6 is 0 Å². The Balaban J connectivity index is 1.45. The maximum atomic E-state index is 12.5. The third kappa shape index (κ3) is 5.08. The van der Waals surface area contributed by atoms with Crippen molar-refractivity contribution in [3.05, 3.63) is 48.4 Å². The van der Waals surface area contributed by atoms with E-state index in [4.69, 9.17) is 9.26 Å². The maximum Gasteiger partial charge on any atom is 0.387 e. The molecule has 2 N–H and O–H groups in total. The van der Waals surface area contributed by atoms with Crippen LogP contribution in [-0.2, 0) is 6.54 Å². The normalized spacial score (nSPS) is 14.6. The number of ether oxygens (including phenoxy) is 2. The molecule has 0 saturated carbocycles. The summed E-state index contributed by atoms with van der Waals surface area (Å²) < 4.78 is 39.9. The molecule has 1 aliphatic rings. The molecule has 10 heteroatoms. The Morgan fingerprint density at radius 2 is 1.97 bits per heavy atom.